The predicted octanol–water partition coefficient (Wildman–Crippen LogP) is 2.48. The van der Waals surface area contributed by atoms with Crippen LogP contribution in [-0.4, -0.2) is 47.0 Å². The maximum atomic E-state index is 10.9. The maximum absolute atomic E-state index is 10.9. The predicted molar refractivity (Wildman–Crippen MR) is 87.6 cm³/mol. The highest BCUT2D eigenvalue weighted by Gasteiger charge is 2.07. The number of esters is 1. The molecule has 1 saturated heterocycles. The van der Waals surface area contributed by atoms with E-state index in [0.29, 0.717) is 6.42 Å². The topological polar surface area (TPSA) is 66.8 Å². The van der Waals surface area contributed by atoms with Crippen molar-refractivity contribution in [2.24, 2.45) is 0 Å². The zero-order valence-corrected chi connectivity index (χ0v) is 13.8. The Bertz CT molecular complexity index is 223. The van der Waals surface area contributed by atoms with Crippen molar-refractivity contribution in [1.82, 2.24) is 0 Å². The van der Waals surface area contributed by atoms with E-state index < -0.39 is 6.10 Å². The van der Waals surface area contributed by atoms with E-state index in [4.69, 9.17) is 14.9 Å². The van der Waals surface area contributed by atoms with Crippen molar-refractivity contribution >= 4 is 27.6 Å². The fourth-order valence-corrected chi connectivity index (χ4v) is 3.47. The molecule has 0 amide bonds. The first-order chi connectivity index (χ1) is 9.70. The zero-order chi connectivity index (χ0) is 15.6. The van der Waals surface area contributed by atoms with Gasteiger partial charge < -0.3 is 14.9 Å². The molecule has 0 radical (unpaired) electrons. The van der Waals surface area contributed by atoms with Gasteiger partial charge in [-0.3, -0.25) is 4.79 Å². The van der Waals surface area contributed by atoms with Crippen molar-refractivity contribution in [1.29, 1.82) is 0 Å². The van der Waals surface area contributed by atoms with Crippen LogP contribution >= 0.6 is 21.6 Å². The Morgan fingerprint density at radius 3 is 2.35 bits per heavy atom. The van der Waals surface area contributed by atoms with E-state index in [-0.39, 0.29) is 25.6 Å². The summed E-state index contributed by atoms with van der Waals surface area (Å²) in [5.74, 6) is 2.48. The van der Waals surface area contributed by atoms with E-state index in [1.807, 2.05) is 28.5 Å². The molecule has 2 N–H and O–H groups in total. The van der Waals surface area contributed by atoms with Crippen molar-refractivity contribution in [3.8, 4) is 12.8 Å². The normalized spacial score (nSPS) is 14.2. The third kappa shape index (κ3) is 17.6. The van der Waals surface area contributed by atoms with Gasteiger partial charge in [-0.05, 0) is 19.3 Å². The SMILES string of the molecule is C#C.C1CSSC1.CCCCC(=O)OC[C@@H](O)CCO. The standard InChI is InChI=1S/C9H18O4.C3H6S2.C2H2/c1-2-3-4-9(12)13-7-8(11)5-6-10;1-2-4-5-3-1;1-2/h8,10-11H,2-7H2,1H3;1-3H2;1-2H/t8-;;/m0../s1. The second kappa shape index (κ2) is 18.7. The van der Waals surface area contributed by atoms with Crippen LogP contribution in [0.3, 0.4) is 0 Å². The number of carbonyl (C=O) groups excluding carboxylic acids is 1. The largest absolute Gasteiger partial charge is 0.463 e. The van der Waals surface area contributed by atoms with Gasteiger partial charge in [-0.25, -0.2) is 0 Å². The van der Waals surface area contributed by atoms with Gasteiger partial charge in [-0.2, -0.15) is 0 Å². The van der Waals surface area contributed by atoms with Gasteiger partial charge in [-0.15, -0.1) is 12.8 Å². The lowest BCUT2D eigenvalue weighted by Crippen LogP contribution is -2.19. The molecule has 4 nitrogen and oxygen atoms in total. The summed E-state index contributed by atoms with van der Waals surface area (Å²) in [5.41, 5.74) is 0. The van der Waals surface area contributed by atoms with Gasteiger partial charge >= 0.3 is 5.97 Å². The highest BCUT2D eigenvalue weighted by Crippen LogP contribution is 2.29. The third-order valence-corrected chi connectivity index (χ3v) is 4.75. The summed E-state index contributed by atoms with van der Waals surface area (Å²) < 4.78 is 4.76. The van der Waals surface area contributed by atoms with Crippen molar-refractivity contribution in [2.45, 2.75) is 45.1 Å². The zero-order valence-electron chi connectivity index (χ0n) is 12.1. The highest BCUT2D eigenvalue weighted by atomic mass is 33.1. The summed E-state index contributed by atoms with van der Waals surface area (Å²) in [6.07, 6.45) is 11.1. The van der Waals surface area contributed by atoms with Crippen LogP contribution in [0.2, 0.25) is 0 Å². The third-order valence-electron chi connectivity index (χ3n) is 2.17. The molecule has 0 aliphatic carbocycles. The first-order valence-electron chi connectivity index (χ1n) is 6.73. The fourth-order valence-electron chi connectivity index (χ4n) is 1.11. The van der Waals surface area contributed by atoms with Crippen LogP contribution in [0.1, 0.15) is 39.0 Å². The molecule has 1 rings (SSSR count). The monoisotopic (exact) mass is 322 g/mol. The smallest absolute Gasteiger partial charge is 0.305 e. The van der Waals surface area contributed by atoms with Crippen molar-refractivity contribution in [3.05, 3.63) is 0 Å². The summed E-state index contributed by atoms with van der Waals surface area (Å²) in [5, 5.41) is 17.5. The minimum Gasteiger partial charge on any atom is -0.463 e. The average molecular weight is 322 g/mol. The van der Waals surface area contributed by atoms with Crippen LogP contribution in [0, 0.1) is 12.8 Å². The molecule has 0 saturated carbocycles. The van der Waals surface area contributed by atoms with E-state index in [9.17, 15) is 4.79 Å². The molecule has 0 aromatic rings. The minimum atomic E-state index is -0.740. The Labute approximate surface area is 130 Å². The second-order valence-electron chi connectivity index (χ2n) is 3.95. The molecular weight excluding hydrogens is 296 g/mol. The quantitative estimate of drug-likeness (QED) is 0.426. The molecule has 1 aliphatic rings. The van der Waals surface area contributed by atoms with Crippen molar-refractivity contribution in [2.75, 3.05) is 24.7 Å². The van der Waals surface area contributed by atoms with Gasteiger partial charge in [0.2, 0.25) is 0 Å². The molecule has 0 spiro atoms. The summed E-state index contributed by atoms with van der Waals surface area (Å²) in [6.45, 7) is 1.89. The van der Waals surface area contributed by atoms with Crippen LogP contribution < -0.4 is 0 Å². The molecule has 1 aliphatic heterocycles. The lowest BCUT2D eigenvalue weighted by atomic mass is 10.2. The van der Waals surface area contributed by atoms with Gasteiger partial charge in [0, 0.05) is 24.5 Å². The highest BCUT2D eigenvalue weighted by molar-refractivity contribution is 8.77. The van der Waals surface area contributed by atoms with Gasteiger partial charge in [0.15, 0.2) is 0 Å². The van der Waals surface area contributed by atoms with Crippen LogP contribution in [0.15, 0.2) is 0 Å². The van der Waals surface area contributed by atoms with E-state index in [1.165, 1.54) is 17.9 Å². The van der Waals surface area contributed by atoms with Crippen molar-refractivity contribution in [3.63, 3.8) is 0 Å². The van der Waals surface area contributed by atoms with Crippen LogP contribution in [0.4, 0.5) is 0 Å². The molecule has 1 fully saturated rings. The summed E-state index contributed by atoms with van der Waals surface area (Å²) in [6, 6.07) is 0. The van der Waals surface area contributed by atoms with Gasteiger partial charge in [0.05, 0.1) is 6.10 Å². The Hall–Kier alpha value is -0.350. The number of hydrogen-bond donors (Lipinski definition) is 2. The number of unbranched alkanes of at least 4 members (excludes halogenated alkanes) is 1. The summed E-state index contributed by atoms with van der Waals surface area (Å²) >= 11 is 0. The van der Waals surface area contributed by atoms with Crippen LogP contribution in [0.25, 0.3) is 0 Å². The molecule has 1 heterocycles. The number of hydrogen-bond acceptors (Lipinski definition) is 6. The number of aliphatic hydroxyl groups excluding tert-OH is 2. The Kier molecular flexibility index (Phi) is 20.5. The number of aliphatic hydroxyl groups is 2. The van der Waals surface area contributed by atoms with Gasteiger partial charge in [0.1, 0.15) is 6.61 Å². The van der Waals surface area contributed by atoms with E-state index >= 15 is 0 Å². The molecule has 0 aromatic carbocycles. The molecule has 1 atom stereocenters. The molecule has 0 aromatic heterocycles. The Morgan fingerprint density at radius 2 is 1.95 bits per heavy atom. The van der Waals surface area contributed by atoms with Crippen molar-refractivity contribution < 1.29 is 19.7 Å². The summed E-state index contributed by atoms with van der Waals surface area (Å²) in [4.78, 5) is 10.9. The second-order valence-corrected chi connectivity index (χ2v) is 6.65. The molecule has 6 heteroatoms. The average Bonchev–Trinajstić information content (AvgIpc) is 3.05. The first-order valence-corrected chi connectivity index (χ1v) is 9.21. The molecule has 20 heavy (non-hydrogen) atoms. The van der Waals surface area contributed by atoms with Gasteiger partial charge in [0.25, 0.3) is 0 Å². The number of terminal acetylenes is 1. The van der Waals surface area contributed by atoms with E-state index in [2.05, 4.69) is 12.8 Å². The molecule has 0 bridgehead atoms. The number of ether oxygens (including phenoxy) is 1. The Balaban J connectivity index is 0. The van der Waals surface area contributed by atoms with E-state index in [1.54, 1.807) is 0 Å². The fraction of sp³-hybridized carbons (Fsp3) is 0.786. The number of carbonyl (C=O) groups is 1. The molecule has 118 valence electrons. The van der Waals surface area contributed by atoms with Crippen LogP contribution in [-0.2, 0) is 9.53 Å². The molecule has 0 unspecified atom stereocenters. The van der Waals surface area contributed by atoms with E-state index in [0.717, 1.165) is 12.8 Å². The lowest BCUT2D eigenvalue weighted by Gasteiger charge is -2.09. The first kappa shape index (κ1) is 21.9. The minimum absolute atomic E-state index is 0.0108. The maximum Gasteiger partial charge on any atom is 0.305 e. The van der Waals surface area contributed by atoms with Crippen LogP contribution in [0.5, 0.6) is 0 Å². The summed E-state index contributed by atoms with van der Waals surface area (Å²) in [7, 11) is 3.98. The molecular formula is C14H26O4S2. The van der Waals surface area contributed by atoms with Gasteiger partial charge in [-0.1, -0.05) is 34.9 Å². The number of rotatable bonds is 7. The Morgan fingerprint density at radius 1 is 1.35 bits per heavy atom. The lowest BCUT2D eigenvalue weighted by molar-refractivity contribution is -0.147.